The van der Waals surface area contributed by atoms with Crippen LogP contribution in [0.2, 0.25) is 0 Å². The van der Waals surface area contributed by atoms with E-state index in [0.717, 1.165) is 5.69 Å². The largest absolute Gasteiger partial charge is 0.493 e. The van der Waals surface area contributed by atoms with Crippen molar-refractivity contribution < 1.29 is 19.0 Å². The molecule has 6 nitrogen and oxygen atoms in total. The van der Waals surface area contributed by atoms with Crippen molar-refractivity contribution in [2.45, 2.75) is 6.92 Å². The van der Waals surface area contributed by atoms with Gasteiger partial charge in [0.15, 0.2) is 16.6 Å². The Bertz CT molecular complexity index is 666. The lowest BCUT2D eigenvalue weighted by molar-refractivity contribution is 0.102. The van der Waals surface area contributed by atoms with Crippen LogP contribution in [0.25, 0.3) is 0 Å². The number of thiazole rings is 1. The Hall–Kier alpha value is -2.28. The molecule has 0 unspecified atom stereocenters. The summed E-state index contributed by atoms with van der Waals surface area (Å²) in [6, 6.07) is 3.27. The maximum Gasteiger partial charge on any atom is 0.257 e. The van der Waals surface area contributed by atoms with Crippen molar-refractivity contribution >= 4 is 22.4 Å². The van der Waals surface area contributed by atoms with Gasteiger partial charge >= 0.3 is 0 Å². The molecule has 0 saturated heterocycles. The van der Waals surface area contributed by atoms with Crippen LogP contribution in [0.1, 0.15) is 16.1 Å². The first-order valence-electron chi connectivity index (χ1n) is 6.38. The van der Waals surface area contributed by atoms with E-state index in [9.17, 15) is 4.79 Å². The molecular formula is C14H14N2O4S. The van der Waals surface area contributed by atoms with Gasteiger partial charge in [0.1, 0.15) is 13.2 Å². The van der Waals surface area contributed by atoms with Gasteiger partial charge in [0.2, 0.25) is 5.75 Å². The zero-order valence-electron chi connectivity index (χ0n) is 11.6. The highest BCUT2D eigenvalue weighted by Crippen LogP contribution is 2.40. The van der Waals surface area contributed by atoms with Crippen molar-refractivity contribution in [1.29, 1.82) is 0 Å². The van der Waals surface area contributed by atoms with Gasteiger partial charge in [0.25, 0.3) is 5.91 Å². The molecule has 0 fully saturated rings. The van der Waals surface area contributed by atoms with Crippen molar-refractivity contribution in [1.82, 2.24) is 4.98 Å². The number of hydrogen-bond donors (Lipinski definition) is 1. The average molecular weight is 306 g/mol. The number of aryl methyl sites for hydroxylation is 1. The van der Waals surface area contributed by atoms with Gasteiger partial charge in [-0.05, 0) is 19.1 Å². The van der Waals surface area contributed by atoms with Crippen LogP contribution in [0.4, 0.5) is 5.13 Å². The molecule has 1 aromatic carbocycles. The third-order valence-corrected chi connectivity index (χ3v) is 3.81. The number of carbonyl (C=O) groups excluding carboxylic acids is 1. The van der Waals surface area contributed by atoms with Gasteiger partial charge in [-0.2, -0.15) is 0 Å². The summed E-state index contributed by atoms with van der Waals surface area (Å²) >= 11 is 1.38. The molecule has 21 heavy (non-hydrogen) atoms. The molecule has 1 N–H and O–H groups in total. The zero-order valence-corrected chi connectivity index (χ0v) is 12.5. The highest BCUT2D eigenvalue weighted by molar-refractivity contribution is 7.13. The number of benzene rings is 1. The quantitative estimate of drug-likeness (QED) is 0.943. The van der Waals surface area contributed by atoms with E-state index >= 15 is 0 Å². The van der Waals surface area contributed by atoms with E-state index in [2.05, 4.69) is 10.3 Å². The Morgan fingerprint density at radius 2 is 2.19 bits per heavy atom. The van der Waals surface area contributed by atoms with Crippen molar-refractivity contribution in [3.8, 4) is 17.2 Å². The summed E-state index contributed by atoms with van der Waals surface area (Å²) in [5.74, 6) is 1.26. The molecule has 7 heteroatoms. The number of nitrogens with zero attached hydrogens (tertiary/aromatic N) is 1. The number of hydrogen-bond acceptors (Lipinski definition) is 6. The van der Waals surface area contributed by atoms with Crippen LogP contribution in [-0.2, 0) is 0 Å². The molecule has 110 valence electrons. The first kappa shape index (κ1) is 13.7. The molecule has 0 radical (unpaired) electrons. The van der Waals surface area contributed by atoms with E-state index in [1.165, 1.54) is 18.4 Å². The Kier molecular flexibility index (Phi) is 3.66. The number of ether oxygens (including phenoxy) is 3. The average Bonchev–Trinajstić information content (AvgIpc) is 2.91. The summed E-state index contributed by atoms with van der Waals surface area (Å²) in [6.45, 7) is 2.79. The first-order valence-corrected chi connectivity index (χ1v) is 7.26. The lowest BCUT2D eigenvalue weighted by Crippen LogP contribution is -2.18. The van der Waals surface area contributed by atoms with E-state index in [-0.39, 0.29) is 5.91 Å². The van der Waals surface area contributed by atoms with Gasteiger partial charge in [-0.15, -0.1) is 11.3 Å². The fourth-order valence-corrected chi connectivity index (χ4v) is 2.67. The number of nitrogens with one attached hydrogen (secondary N) is 1. The smallest absolute Gasteiger partial charge is 0.257 e. The Morgan fingerprint density at radius 3 is 2.90 bits per heavy atom. The predicted octanol–water partition coefficient (Wildman–Crippen LogP) is 2.48. The molecular weight excluding hydrogens is 292 g/mol. The van der Waals surface area contributed by atoms with Gasteiger partial charge in [0.05, 0.1) is 12.8 Å². The Morgan fingerprint density at radius 1 is 1.38 bits per heavy atom. The number of fused-ring (bicyclic) bond motifs is 1. The van der Waals surface area contributed by atoms with Crippen LogP contribution in [0.5, 0.6) is 17.2 Å². The van der Waals surface area contributed by atoms with E-state index in [4.69, 9.17) is 14.2 Å². The van der Waals surface area contributed by atoms with E-state index < -0.39 is 0 Å². The Labute approximate surface area is 125 Å². The van der Waals surface area contributed by atoms with Gasteiger partial charge < -0.3 is 14.2 Å². The topological polar surface area (TPSA) is 69.7 Å². The summed E-state index contributed by atoms with van der Waals surface area (Å²) in [7, 11) is 1.53. The highest BCUT2D eigenvalue weighted by Gasteiger charge is 2.21. The molecule has 0 aliphatic carbocycles. The first-order chi connectivity index (χ1) is 10.2. The van der Waals surface area contributed by atoms with Gasteiger partial charge in [-0.1, -0.05) is 0 Å². The standard InChI is InChI=1S/C14H14N2O4S/c1-8-7-21-14(15-8)16-13(17)9-5-10(18-2)12-11(6-9)19-3-4-20-12/h5-7H,3-4H2,1-2H3,(H,15,16,17). The molecule has 2 aromatic rings. The molecule has 1 aliphatic heterocycles. The third-order valence-electron chi connectivity index (χ3n) is 2.93. The maximum atomic E-state index is 12.3. The number of anilines is 1. The van der Waals surface area contributed by atoms with Crippen LogP contribution in [0.3, 0.4) is 0 Å². The van der Waals surface area contributed by atoms with Gasteiger partial charge in [0, 0.05) is 10.9 Å². The second-order valence-electron chi connectivity index (χ2n) is 4.45. The molecule has 0 atom stereocenters. The van der Waals surface area contributed by atoms with Crippen LogP contribution in [0, 0.1) is 6.92 Å². The molecule has 1 amide bonds. The van der Waals surface area contributed by atoms with E-state index in [0.29, 0.717) is 41.2 Å². The van der Waals surface area contributed by atoms with E-state index in [1.54, 1.807) is 12.1 Å². The summed E-state index contributed by atoms with van der Waals surface area (Å²) < 4.78 is 16.3. The van der Waals surface area contributed by atoms with Gasteiger partial charge in [-0.25, -0.2) is 4.98 Å². The summed E-state index contributed by atoms with van der Waals surface area (Å²) in [4.78, 5) is 16.5. The monoisotopic (exact) mass is 306 g/mol. The minimum atomic E-state index is -0.264. The fourth-order valence-electron chi connectivity index (χ4n) is 1.98. The fraction of sp³-hybridized carbons (Fsp3) is 0.286. The minimum absolute atomic E-state index is 0.264. The lowest BCUT2D eigenvalue weighted by atomic mass is 10.1. The molecule has 1 aliphatic rings. The highest BCUT2D eigenvalue weighted by atomic mass is 32.1. The second-order valence-corrected chi connectivity index (χ2v) is 5.31. The van der Waals surface area contributed by atoms with Crippen LogP contribution in [-0.4, -0.2) is 31.2 Å². The minimum Gasteiger partial charge on any atom is -0.493 e. The van der Waals surface area contributed by atoms with Crippen molar-refractivity contribution in [2.75, 3.05) is 25.6 Å². The molecule has 1 aromatic heterocycles. The van der Waals surface area contributed by atoms with Crippen molar-refractivity contribution in [3.05, 3.63) is 28.8 Å². The van der Waals surface area contributed by atoms with Crippen LogP contribution >= 0.6 is 11.3 Å². The normalized spacial score (nSPS) is 12.9. The molecule has 3 rings (SSSR count). The Balaban J connectivity index is 1.89. The number of methoxy groups -OCH3 is 1. The lowest BCUT2D eigenvalue weighted by Gasteiger charge is -2.21. The van der Waals surface area contributed by atoms with Crippen molar-refractivity contribution in [3.63, 3.8) is 0 Å². The molecule has 0 saturated carbocycles. The zero-order chi connectivity index (χ0) is 14.8. The van der Waals surface area contributed by atoms with Gasteiger partial charge in [-0.3, -0.25) is 10.1 Å². The summed E-state index contributed by atoms with van der Waals surface area (Å²) in [5.41, 5.74) is 1.30. The molecule has 2 heterocycles. The van der Waals surface area contributed by atoms with E-state index in [1.807, 2.05) is 12.3 Å². The number of amides is 1. The predicted molar refractivity (Wildman–Crippen MR) is 78.8 cm³/mol. The molecule has 0 bridgehead atoms. The van der Waals surface area contributed by atoms with Crippen LogP contribution in [0.15, 0.2) is 17.5 Å². The summed E-state index contributed by atoms with van der Waals surface area (Å²) in [5, 5.41) is 5.19. The molecule has 0 spiro atoms. The number of carbonyl (C=O) groups is 1. The number of aromatic nitrogens is 1. The van der Waals surface area contributed by atoms with Crippen LogP contribution < -0.4 is 19.5 Å². The third kappa shape index (κ3) is 2.78. The van der Waals surface area contributed by atoms with Crippen molar-refractivity contribution in [2.24, 2.45) is 0 Å². The maximum absolute atomic E-state index is 12.3. The summed E-state index contributed by atoms with van der Waals surface area (Å²) in [6.07, 6.45) is 0. The number of rotatable bonds is 3. The SMILES string of the molecule is COc1cc(C(=O)Nc2nc(C)cs2)cc2c1OCCO2. The second kappa shape index (κ2) is 5.61.